The van der Waals surface area contributed by atoms with Crippen LogP contribution in [-0.2, 0) is 13.0 Å². The van der Waals surface area contributed by atoms with Crippen molar-refractivity contribution < 1.29 is 4.74 Å². The van der Waals surface area contributed by atoms with Crippen molar-refractivity contribution in [3.05, 3.63) is 89.7 Å². The van der Waals surface area contributed by atoms with E-state index in [9.17, 15) is 0 Å². The van der Waals surface area contributed by atoms with Gasteiger partial charge in [-0.3, -0.25) is 0 Å². The van der Waals surface area contributed by atoms with Gasteiger partial charge >= 0.3 is 0 Å². The van der Waals surface area contributed by atoms with E-state index in [0.29, 0.717) is 12.3 Å². The fraction of sp³-hybridized carbons (Fsp3) is 0.167. The number of hydrogen-bond donors (Lipinski definition) is 2. The molecule has 3 aromatic carbocycles. The van der Waals surface area contributed by atoms with Gasteiger partial charge in [0, 0.05) is 17.6 Å². The molecule has 0 spiro atoms. The molecule has 0 aliphatic rings. The zero-order chi connectivity index (χ0) is 20.1. The third kappa shape index (κ3) is 4.63. The van der Waals surface area contributed by atoms with E-state index in [0.717, 1.165) is 46.6 Å². The van der Waals surface area contributed by atoms with E-state index in [4.69, 9.17) is 10.5 Å². The van der Waals surface area contributed by atoms with Gasteiger partial charge in [0.05, 0.1) is 5.52 Å². The zero-order valence-electron chi connectivity index (χ0n) is 16.4. The Labute approximate surface area is 170 Å². The molecule has 146 valence electrons. The lowest BCUT2D eigenvalue weighted by molar-refractivity contribution is 0.303. The molecule has 0 bridgehead atoms. The molecule has 1 heterocycles. The van der Waals surface area contributed by atoms with Crippen LogP contribution in [0, 0.1) is 6.92 Å². The first-order chi connectivity index (χ1) is 14.2. The van der Waals surface area contributed by atoms with Crippen molar-refractivity contribution in [1.82, 2.24) is 9.97 Å². The van der Waals surface area contributed by atoms with Crippen molar-refractivity contribution in [2.24, 2.45) is 0 Å². The van der Waals surface area contributed by atoms with Gasteiger partial charge in [-0.05, 0) is 48.7 Å². The van der Waals surface area contributed by atoms with Crippen LogP contribution in [0.3, 0.4) is 0 Å². The average molecular weight is 384 g/mol. The molecule has 29 heavy (non-hydrogen) atoms. The molecule has 0 amide bonds. The Hall–Kier alpha value is -3.60. The minimum atomic E-state index is 0.556. The highest BCUT2D eigenvalue weighted by atomic mass is 16.5. The zero-order valence-corrected chi connectivity index (χ0v) is 16.4. The van der Waals surface area contributed by atoms with Gasteiger partial charge in [0.15, 0.2) is 0 Å². The van der Waals surface area contributed by atoms with Crippen LogP contribution < -0.4 is 15.8 Å². The highest BCUT2D eigenvalue weighted by Gasteiger charge is 2.06. The number of rotatable bonds is 7. The summed E-state index contributed by atoms with van der Waals surface area (Å²) in [7, 11) is 0. The van der Waals surface area contributed by atoms with Crippen LogP contribution in [0.15, 0.2) is 73.1 Å². The van der Waals surface area contributed by atoms with Crippen LogP contribution in [-0.4, -0.2) is 16.5 Å². The van der Waals surface area contributed by atoms with Crippen LogP contribution in [0.2, 0.25) is 0 Å². The molecule has 5 heteroatoms. The van der Waals surface area contributed by atoms with Gasteiger partial charge < -0.3 is 15.8 Å². The number of ether oxygens (including phenoxy) is 1. The summed E-state index contributed by atoms with van der Waals surface area (Å²) in [4.78, 5) is 8.67. The van der Waals surface area contributed by atoms with Crippen LogP contribution in [0.5, 0.6) is 5.75 Å². The first-order valence-corrected chi connectivity index (χ1v) is 9.69. The Balaban J connectivity index is 1.42. The van der Waals surface area contributed by atoms with Crippen molar-refractivity contribution >= 4 is 22.4 Å². The number of fused-ring (bicyclic) bond motifs is 1. The number of para-hydroxylation sites is 1. The number of benzene rings is 3. The van der Waals surface area contributed by atoms with E-state index >= 15 is 0 Å². The topological polar surface area (TPSA) is 73.1 Å². The van der Waals surface area contributed by atoms with Gasteiger partial charge in [-0.15, -0.1) is 0 Å². The number of aryl methyl sites for hydroxylation is 1. The molecule has 0 fully saturated rings. The maximum atomic E-state index is 6.08. The van der Waals surface area contributed by atoms with Crippen molar-refractivity contribution in [3.8, 4) is 5.75 Å². The molecular formula is C24H24N4O. The summed E-state index contributed by atoms with van der Waals surface area (Å²) >= 11 is 0. The smallest absolute Gasteiger partial charge is 0.137 e. The number of anilines is 2. The third-order valence-electron chi connectivity index (χ3n) is 4.83. The van der Waals surface area contributed by atoms with Gasteiger partial charge in [0.2, 0.25) is 0 Å². The first-order valence-electron chi connectivity index (χ1n) is 9.69. The summed E-state index contributed by atoms with van der Waals surface area (Å²) in [6, 6.07) is 22.2. The van der Waals surface area contributed by atoms with Crippen LogP contribution >= 0.6 is 0 Å². The standard InChI is InChI=1S/C24H24N4O/c1-17-6-8-18(9-7-17)15-29-23-5-3-2-4-19(23)12-13-26-24-21-14-20(25)10-11-22(21)27-16-28-24/h2-11,14,16H,12-13,15,25H2,1H3,(H,26,27,28). The molecule has 1 aromatic heterocycles. The lowest BCUT2D eigenvalue weighted by atomic mass is 10.1. The number of nitrogens with two attached hydrogens (primary N) is 1. The van der Waals surface area contributed by atoms with Crippen LogP contribution in [0.25, 0.3) is 10.9 Å². The van der Waals surface area contributed by atoms with Gasteiger partial charge in [0.25, 0.3) is 0 Å². The lowest BCUT2D eigenvalue weighted by Gasteiger charge is -2.13. The van der Waals surface area contributed by atoms with Gasteiger partial charge in [-0.25, -0.2) is 9.97 Å². The minimum Gasteiger partial charge on any atom is -0.489 e. The maximum absolute atomic E-state index is 6.08. The molecule has 0 saturated carbocycles. The second-order valence-corrected chi connectivity index (χ2v) is 7.06. The van der Waals surface area contributed by atoms with Crippen LogP contribution in [0.1, 0.15) is 16.7 Å². The second-order valence-electron chi connectivity index (χ2n) is 7.06. The summed E-state index contributed by atoms with van der Waals surface area (Å²) in [5.74, 6) is 1.70. The predicted octanol–water partition coefficient (Wildman–Crippen LogP) is 4.75. The summed E-state index contributed by atoms with van der Waals surface area (Å²) < 4.78 is 6.08. The van der Waals surface area contributed by atoms with E-state index in [2.05, 4.69) is 52.5 Å². The molecular weight excluding hydrogens is 360 g/mol. The van der Waals surface area contributed by atoms with Crippen molar-refractivity contribution in [2.75, 3.05) is 17.6 Å². The molecule has 0 unspecified atom stereocenters. The van der Waals surface area contributed by atoms with Crippen molar-refractivity contribution in [1.29, 1.82) is 0 Å². The molecule has 4 aromatic rings. The molecule has 0 atom stereocenters. The average Bonchev–Trinajstić information content (AvgIpc) is 2.74. The third-order valence-corrected chi connectivity index (χ3v) is 4.83. The second kappa shape index (κ2) is 8.61. The molecule has 5 nitrogen and oxygen atoms in total. The molecule has 3 N–H and O–H groups in total. The molecule has 4 rings (SSSR count). The maximum Gasteiger partial charge on any atom is 0.137 e. The molecule has 0 aliphatic heterocycles. The SMILES string of the molecule is Cc1ccc(COc2ccccc2CCNc2ncnc3ccc(N)cc23)cc1. The summed E-state index contributed by atoms with van der Waals surface area (Å²) in [6.45, 7) is 3.37. The monoisotopic (exact) mass is 384 g/mol. The van der Waals surface area contributed by atoms with E-state index in [1.165, 1.54) is 5.56 Å². The quantitative estimate of drug-likeness (QED) is 0.450. The first kappa shape index (κ1) is 18.7. The van der Waals surface area contributed by atoms with E-state index < -0.39 is 0 Å². The van der Waals surface area contributed by atoms with Gasteiger partial charge in [0.1, 0.15) is 24.5 Å². The summed E-state index contributed by atoms with van der Waals surface area (Å²) in [5, 5.41) is 4.34. The summed E-state index contributed by atoms with van der Waals surface area (Å²) in [5.41, 5.74) is 11.1. The van der Waals surface area contributed by atoms with Crippen molar-refractivity contribution in [3.63, 3.8) is 0 Å². The lowest BCUT2D eigenvalue weighted by Crippen LogP contribution is -2.08. The number of nitrogens with one attached hydrogen (secondary N) is 1. The molecule has 0 aliphatic carbocycles. The van der Waals surface area contributed by atoms with E-state index in [1.54, 1.807) is 6.33 Å². The fourth-order valence-corrected chi connectivity index (χ4v) is 3.23. The normalized spacial score (nSPS) is 10.8. The van der Waals surface area contributed by atoms with E-state index in [-0.39, 0.29) is 0 Å². The highest BCUT2D eigenvalue weighted by molar-refractivity contribution is 5.91. The fourth-order valence-electron chi connectivity index (χ4n) is 3.23. The minimum absolute atomic E-state index is 0.556. The van der Waals surface area contributed by atoms with Gasteiger partial charge in [-0.1, -0.05) is 48.0 Å². The Bertz CT molecular complexity index is 1110. The Morgan fingerprint density at radius 3 is 2.66 bits per heavy atom. The number of nitrogen functional groups attached to an aromatic ring is 1. The Kier molecular flexibility index (Phi) is 5.56. The molecule has 0 radical (unpaired) electrons. The Morgan fingerprint density at radius 1 is 0.966 bits per heavy atom. The Morgan fingerprint density at radius 2 is 1.79 bits per heavy atom. The number of nitrogens with zero attached hydrogens (tertiary/aromatic N) is 2. The van der Waals surface area contributed by atoms with Crippen LogP contribution in [0.4, 0.5) is 11.5 Å². The van der Waals surface area contributed by atoms with Crippen molar-refractivity contribution in [2.45, 2.75) is 20.0 Å². The predicted molar refractivity (Wildman–Crippen MR) is 118 cm³/mol. The molecule has 0 saturated heterocycles. The summed E-state index contributed by atoms with van der Waals surface area (Å²) in [6.07, 6.45) is 2.39. The van der Waals surface area contributed by atoms with Gasteiger partial charge in [-0.2, -0.15) is 0 Å². The number of hydrogen-bond acceptors (Lipinski definition) is 5. The van der Waals surface area contributed by atoms with E-state index in [1.807, 2.05) is 36.4 Å². The largest absolute Gasteiger partial charge is 0.489 e. The number of aromatic nitrogens is 2. The highest BCUT2D eigenvalue weighted by Crippen LogP contribution is 2.23.